The van der Waals surface area contributed by atoms with Crippen LogP contribution < -0.4 is 0 Å². The SMILES string of the molecule is Fc1ccc(-c2ccc3scnc3c2)cn1. The highest BCUT2D eigenvalue weighted by Crippen LogP contribution is 2.25. The molecule has 78 valence electrons. The number of nitrogens with zero attached hydrogens (tertiary/aromatic N) is 2. The van der Waals surface area contributed by atoms with Crippen LogP contribution in [0.1, 0.15) is 0 Å². The van der Waals surface area contributed by atoms with Crippen LogP contribution >= 0.6 is 11.3 Å². The zero-order valence-corrected chi connectivity index (χ0v) is 9.04. The zero-order chi connectivity index (χ0) is 11.0. The molecule has 1 aromatic carbocycles. The van der Waals surface area contributed by atoms with Gasteiger partial charge in [0, 0.05) is 11.8 Å². The summed E-state index contributed by atoms with van der Waals surface area (Å²) in [5.74, 6) is -0.460. The standard InChI is InChI=1S/C12H7FN2S/c13-12-4-2-9(6-14-12)8-1-3-11-10(5-8)15-7-16-11/h1-7H. The molecule has 3 rings (SSSR count). The highest BCUT2D eigenvalue weighted by molar-refractivity contribution is 7.16. The summed E-state index contributed by atoms with van der Waals surface area (Å²) in [6.07, 6.45) is 1.53. The monoisotopic (exact) mass is 230 g/mol. The Hall–Kier alpha value is -1.81. The van der Waals surface area contributed by atoms with Crippen LogP contribution in [-0.4, -0.2) is 9.97 Å². The number of thiazole rings is 1. The van der Waals surface area contributed by atoms with Crippen LogP contribution in [0.25, 0.3) is 21.3 Å². The Morgan fingerprint density at radius 3 is 2.69 bits per heavy atom. The number of halogens is 1. The molecule has 0 atom stereocenters. The Kier molecular flexibility index (Phi) is 2.15. The lowest BCUT2D eigenvalue weighted by Crippen LogP contribution is -1.83. The maximum Gasteiger partial charge on any atom is 0.212 e. The summed E-state index contributed by atoms with van der Waals surface area (Å²) in [4.78, 5) is 7.89. The van der Waals surface area contributed by atoms with Crippen molar-refractivity contribution in [3.63, 3.8) is 0 Å². The molecule has 0 aliphatic heterocycles. The summed E-state index contributed by atoms with van der Waals surface area (Å²) in [5.41, 5.74) is 4.69. The first-order valence-electron chi connectivity index (χ1n) is 4.78. The van der Waals surface area contributed by atoms with E-state index >= 15 is 0 Å². The molecule has 2 heterocycles. The van der Waals surface area contributed by atoms with Gasteiger partial charge in [0.05, 0.1) is 15.7 Å². The van der Waals surface area contributed by atoms with Gasteiger partial charge in [0.1, 0.15) is 0 Å². The van der Waals surface area contributed by atoms with Gasteiger partial charge in [0.15, 0.2) is 0 Å². The maximum atomic E-state index is 12.7. The number of rotatable bonds is 1. The summed E-state index contributed by atoms with van der Waals surface area (Å²) in [5, 5.41) is 0. The minimum absolute atomic E-state index is 0.460. The minimum atomic E-state index is -0.460. The second kappa shape index (κ2) is 3.64. The van der Waals surface area contributed by atoms with Crippen molar-refractivity contribution >= 4 is 21.6 Å². The smallest absolute Gasteiger partial charge is 0.212 e. The molecule has 3 aromatic rings. The molecule has 0 bridgehead atoms. The van der Waals surface area contributed by atoms with E-state index in [0.717, 1.165) is 21.3 Å². The van der Waals surface area contributed by atoms with Crippen LogP contribution in [0.2, 0.25) is 0 Å². The van der Waals surface area contributed by atoms with E-state index in [0.29, 0.717) is 0 Å². The molecule has 16 heavy (non-hydrogen) atoms. The van der Waals surface area contributed by atoms with Crippen molar-refractivity contribution < 1.29 is 4.39 Å². The van der Waals surface area contributed by atoms with E-state index in [1.54, 1.807) is 17.4 Å². The van der Waals surface area contributed by atoms with E-state index in [4.69, 9.17) is 0 Å². The maximum absolute atomic E-state index is 12.7. The van der Waals surface area contributed by atoms with Crippen molar-refractivity contribution in [2.24, 2.45) is 0 Å². The quantitative estimate of drug-likeness (QED) is 0.598. The first-order valence-corrected chi connectivity index (χ1v) is 5.66. The highest BCUT2D eigenvalue weighted by atomic mass is 32.1. The molecule has 0 aliphatic carbocycles. The fourth-order valence-electron chi connectivity index (χ4n) is 1.58. The number of benzene rings is 1. The van der Waals surface area contributed by atoms with Crippen LogP contribution in [0.3, 0.4) is 0 Å². The van der Waals surface area contributed by atoms with Crippen LogP contribution in [-0.2, 0) is 0 Å². The van der Waals surface area contributed by atoms with Gasteiger partial charge in [0.25, 0.3) is 0 Å². The lowest BCUT2D eigenvalue weighted by molar-refractivity contribution is 0.584. The molecule has 0 unspecified atom stereocenters. The molecule has 0 saturated heterocycles. The number of fused-ring (bicyclic) bond motifs is 1. The minimum Gasteiger partial charge on any atom is -0.245 e. The van der Waals surface area contributed by atoms with E-state index in [-0.39, 0.29) is 0 Å². The molecule has 0 radical (unpaired) electrons. The molecule has 0 fully saturated rings. The Balaban J connectivity index is 2.14. The van der Waals surface area contributed by atoms with Gasteiger partial charge in [0.2, 0.25) is 5.95 Å². The second-order valence-corrected chi connectivity index (χ2v) is 4.29. The lowest BCUT2D eigenvalue weighted by atomic mass is 10.1. The molecular formula is C12H7FN2S. The Labute approximate surface area is 95.4 Å². The number of hydrogen-bond donors (Lipinski definition) is 0. The van der Waals surface area contributed by atoms with Gasteiger partial charge in [-0.1, -0.05) is 6.07 Å². The predicted molar refractivity (Wildman–Crippen MR) is 62.8 cm³/mol. The van der Waals surface area contributed by atoms with Gasteiger partial charge in [-0.3, -0.25) is 0 Å². The molecule has 0 amide bonds. The van der Waals surface area contributed by atoms with Crippen LogP contribution in [0.5, 0.6) is 0 Å². The Morgan fingerprint density at radius 1 is 1.00 bits per heavy atom. The average Bonchev–Trinajstić information content (AvgIpc) is 2.77. The Bertz CT molecular complexity index is 631. The zero-order valence-electron chi connectivity index (χ0n) is 8.22. The van der Waals surface area contributed by atoms with Gasteiger partial charge in [-0.2, -0.15) is 4.39 Å². The summed E-state index contributed by atoms with van der Waals surface area (Å²) >= 11 is 1.61. The topological polar surface area (TPSA) is 25.8 Å². The molecule has 0 saturated carbocycles. The molecule has 4 heteroatoms. The molecule has 2 nitrogen and oxygen atoms in total. The first-order chi connectivity index (χ1) is 7.83. The van der Waals surface area contributed by atoms with E-state index < -0.39 is 5.95 Å². The van der Waals surface area contributed by atoms with Gasteiger partial charge < -0.3 is 0 Å². The summed E-state index contributed by atoms with van der Waals surface area (Å²) in [6.45, 7) is 0. The van der Waals surface area contributed by atoms with E-state index in [1.807, 2.05) is 23.7 Å². The summed E-state index contributed by atoms with van der Waals surface area (Å²) in [7, 11) is 0. The third kappa shape index (κ3) is 1.57. The number of pyridine rings is 1. The molecule has 0 N–H and O–H groups in total. The molecule has 2 aromatic heterocycles. The van der Waals surface area contributed by atoms with Crippen molar-refractivity contribution in [3.05, 3.63) is 48.0 Å². The average molecular weight is 230 g/mol. The molecule has 0 spiro atoms. The number of hydrogen-bond acceptors (Lipinski definition) is 3. The van der Waals surface area contributed by atoms with Crippen LogP contribution in [0.4, 0.5) is 4.39 Å². The van der Waals surface area contributed by atoms with E-state index in [1.165, 1.54) is 12.3 Å². The van der Waals surface area contributed by atoms with Crippen molar-refractivity contribution in [2.75, 3.05) is 0 Å². The second-order valence-electron chi connectivity index (χ2n) is 3.40. The van der Waals surface area contributed by atoms with Crippen LogP contribution in [0, 0.1) is 5.95 Å². The van der Waals surface area contributed by atoms with Crippen molar-refractivity contribution in [2.45, 2.75) is 0 Å². The largest absolute Gasteiger partial charge is 0.245 e. The van der Waals surface area contributed by atoms with Crippen molar-refractivity contribution in [1.29, 1.82) is 0 Å². The van der Waals surface area contributed by atoms with Gasteiger partial charge in [-0.05, 0) is 29.8 Å². The number of aromatic nitrogens is 2. The van der Waals surface area contributed by atoms with Crippen molar-refractivity contribution in [1.82, 2.24) is 9.97 Å². The fourth-order valence-corrected chi connectivity index (χ4v) is 2.24. The molecule has 0 aliphatic rings. The predicted octanol–water partition coefficient (Wildman–Crippen LogP) is 3.50. The lowest BCUT2D eigenvalue weighted by Gasteiger charge is -2.00. The van der Waals surface area contributed by atoms with E-state index in [9.17, 15) is 4.39 Å². The molecular weight excluding hydrogens is 223 g/mol. The normalized spacial score (nSPS) is 10.8. The first kappa shape index (κ1) is 9.42. The van der Waals surface area contributed by atoms with Crippen LogP contribution in [0.15, 0.2) is 42.0 Å². The van der Waals surface area contributed by atoms with E-state index in [2.05, 4.69) is 9.97 Å². The van der Waals surface area contributed by atoms with Gasteiger partial charge >= 0.3 is 0 Å². The van der Waals surface area contributed by atoms with Gasteiger partial charge in [-0.25, -0.2) is 9.97 Å². The third-order valence-electron chi connectivity index (χ3n) is 2.39. The highest BCUT2D eigenvalue weighted by Gasteiger charge is 2.02. The van der Waals surface area contributed by atoms with Gasteiger partial charge in [-0.15, -0.1) is 11.3 Å². The Morgan fingerprint density at radius 2 is 1.88 bits per heavy atom. The fraction of sp³-hybridized carbons (Fsp3) is 0. The van der Waals surface area contributed by atoms with Crippen molar-refractivity contribution in [3.8, 4) is 11.1 Å². The summed E-state index contributed by atoms with van der Waals surface area (Å²) < 4.78 is 13.8. The summed E-state index contributed by atoms with van der Waals surface area (Å²) in [6, 6.07) is 9.08. The third-order valence-corrected chi connectivity index (χ3v) is 3.20.